The van der Waals surface area contributed by atoms with Crippen LogP contribution in [0.15, 0.2) is 56.8 Å². The molecule has 0 aliphatic carbocycles. The zero-order valence-corrected chi connectivity index (χ0v) is 15.4. The molecule has 0 saturated carbocycles. The first-order valence-corrected chi connectivity index (χ1v) is 9.29. The molecular weight excluding hydrogens is 374 g/mol. The first-order valence-electron chi connectivity index (χ1n) is 7.93. The minimum atomic E-state index is 0.463. The van der Waals surface area contributed by atoms with Gasteiger partial charge in [-0.15, -0.1) is 10.2 Å². The van der Waals surface area contributed by atoms with Gasteiger partial charge in [0.1, 0.15) is 0 Å². The zero-order valence-electron chi connectivity index (χ0n) is 13.8. The van der Waals surface area contributed by atoms with Crippen LogP contribution in [-0.4, -0.2) is 24.9 Å². The molecule has 0 aliphatic heterocycles. The Morgan fingerprint density at radius 3 is 2.73 bits per heavy atom. The van der Waals surface area contributed by atoms with E-state index in [1.165, 1.54) is 11.8 Å². The van der Waals surface area contributed by atoms with Crippen LogP contribution < -0.4 is 0 Å². The van der Waals surface area contributed by atoms with E-state index in [-0.39, 0.29) is 0 Å². The minimum Gasteiger partial charge on any atom is -0.461 e. The van der Waals surface area contributed by atoms with Crippen LogP contribution in [0.2, 0.25) is 5.02 Å². The molecule has 0 fully saturated rings. The van der Waals surface area contributed by atoms with Gasteiger partial charge in [-0.3, -0.25) is 4.57 Å². The van der Waals surface area contributed by atoms with Gasteiger partial charge in [0.15, 0.2) is 22.6 Å². The molecule has 1 aromatic carbocycles. The highest BCUT2D eigenvalue weighted by molar-refractivity contribution is 7.98. The summed E-state index contributed by atoms with van der Waals surface area (Å²) in [5.74, 6) is 2.97. The average Bonchev–Trinajstić information content (AvgIpc) is 3.40. The van der Waals surface area contributed by atoms with E-state index in [2.05, 4.69) is 20.3 Å². The molecule has 132 valence electrons. The quantitative estimate of drug-likeness (QED) is 0.448. The van der Waals surface area contributed by atoms with Crippen LogP contribution >= 0.6 is 23.4 Å². The van der Waals surface area contributed by atoms with Crippen molar-refractivity contribution in [3.05, 3.63) is 53.5 Å². The molecule has 0 amide bonds. The Balaban J connectivity index is 1.49. The summed E-state index contributed by atoms with van der Waals surface area (Å²) in [4.78, 5) is 4.42. The number of hydrogen-bond acceptors (Lipinski definition) is 7. The number of thioether (sulfide) groups is 1. The highest BCUT2D eigenvalue weighted by Crippen LogP contribution is 2.27. The van der Waals surface area contributed by atoms with Crippen LogP contribution in [-0.2, 0) is 12.3 Å². The van der Waals surface area contributed by atoms with E-state index in [1.807, 2.05) is 35.8 Å². The number of benzene rings is 1. The van der Waals surface area contributed by atoms with Gasteiger partial charge in [-0.25, -0.2) is 0 Å². The van der Waals surface area contributed by atoms with Crippen LogP contribution in [0.25, 0.3) is 23.0 Å². The van der Waals surface area contributed by atoms with Crippen molar-refractivity contribution < 1.29 is 8.94 Å². The summed E-state index contributed by atoms with van der Waals surface area (Å²) in [7, 11) is 0. The van der Waals surface area contributed by atoms with Crippen molar-refractivity contribution >= 4 is 23.4 Å². The lowest BCUT2D eigenvalue weighted by Gasteiger charge is -2.04. The fraction of sp³-hybridized carbons (Fsp3) is 0.176. The number of hydrogen-bond donors (Lipinski definition) is 0. The van der Waals surface area contributed by atoms with Crippen LogP contribution in [0.5, 0.6) is 0 Å². The third-order valence-corrected chi connectivity index (χ3v) is 4.88. The maximum absolute atomic E-state index is 5.90. The van der Waals surface area contributed by atoms with Crippen molar-refractivity contribution in [1.29, 1.82) is 0 Å². The smallest absolute Gasteiger partial charge is 0.257 e. The topological polar surface area (TPSA) is 82.8 Å². The molecule has 0 unspecified atom stereocenters. The molecule has 0 aliphatic rings. The SMILES string of the molecule is CCn1c(SCc2noc(-c3ccc(Cl)cc3)n2)nnc1-c1ccco1. The Morgan fingerprint density at radius 1 is 1.15 bits per heavy atom. The molecule has 0 saturated heterocycles. The summed E-state index contributed by atoms with van der Waals surface area (Å²) in [6.45, 7) is 2.76. The van der Waals surface area contributed by atoms with Crippen molar-refractivity contribution in [1.82, 2.24) is 24.9 Å². The van der Waals surface area contributed by atoms with Crippen molar-refractivity contribution in [3.63, 3.8) is 0 Å². The molecule has 4 aromatic rings. The number of halogens is 1. The monoisotopic (exact) mass is 387 g/mol. The Kier molecular flexibility index (Phi) is 4.77. The zero-order chi connectivity index (χ0) is 17.9. The van der Waals surface area contributed by atoms with E-state index < -0.39 is 0 Å². The second kappa shape index (κ2) is 7.35. The summed E-state index contributed by atoms with van der Waals surface area (Å²) in [5, 5.41) is 13.9. The lowest BCUT2D eigenvalue weighted by molar-refractivity contribution is 0.425. The van der Waals surface area contributed by atoms with Gasteiger partial charge in [-0.2, -0.15) is 4.98 Å². The van der Waals surface area contributed by atoms with E-state index in [0.717, 1.165) is 17.3 Å². The van der Waals surface area contributed by atoms with Crippen LogP contribution in [0, 0.1) is 0 Å². The van der Waals surface area contributed by atoms with Crippen molar-refractivity contribution in [2.24, 2.45) is 0 Å². The maximum atomic E-state index is 5.90. The number of rotatable bonds is 6. The third-order valence-electron chi connectivity index (χ3n) is 3.66. The standard InChI is InChI=1S/C17H14ClN5O2S/c1-2-23-15(13-4-3-9-24-13)20-21-17(23)26-10-14-19-16(25-22-14)11-5-7-12(18)8-6-11/h3-9H,2,10H2,1H3. The van der Waals surface area contributed by atoms with Crippen LogP contribution in [0.1, 0.15) is 12.7 Å². The fourth-order valence-corrected chi connectivity index (χ4v) is 3.39. The Bertz CT molecular complexity index is 995. The second-order valence-corrected chi connectivity index (χ2v) is 6.72. The lowest BCUT2D eigenvalue weighted by atomic mass is 10.2. The normalized spacial score (nSPS) is 11.2. The van der Waals surface area contributed by atoms with E-state index in [0.29, 0.717) is 34.1 Å². The molecule has 0 bridgehead atoms. The first kappa shape index (κ1) is 16.9. The maximum Gasteiger partial charge on any atom is 0.257 e. The average molecular weight is 388 g/mol. The van der Waals surface area contributed by atoms with Gasteiger partial charge in [0.2, 0.25) is 0 Å². The van der Waals surface area contributed by atoms with Gasteiger partial charge in [0.25, 0.3) is 5.89 Å². The molecule has 0 atom stereocenters. The molecule has 4 rings (SSSR count). The lowest BCUT2D eigenvalue weighted by Crippen LogP contribution is -1.99. The van der Waals surface area contributed by atoms with Crippen molar-refractivity contribution in [2.45, 2.75) is 24.4 Å². The summed E-state index contributed by atoms with van der Waals surface area (Å²) in [6.07, 6.45) is 1.62. The number of aromatic nitrogens is 5. The van der Waals surface area contributed by atoms with Gasteiger partial charge >= 0.3 is 0 Å². The van der Waals surface area contributed by atoms with E-state index >= 15 is 0 Å². The fourth-order valence-electron chi connectivity index (χ4n) is 2.42. The van der Waals surface area contributed by atoms with Gasteiger partial charge in [0.05, 0.1) is 12.0 Å². The molecular formula is C17H14ClN5O2S. The summed E-state index contributed by atoms with van der Waals surface area (Å²) in [6, 6.07) is 11.0. The molecule has 7 nitrogen and oxygen atoms in total. The van der Waals surface area contributed by atoms with Gasteiger partial charge in [-0.05, 0) is 43.3 Å². The summed E-state index contributed by atoms with van der Waals surface area (Å²) in [5.41, 5.74) is 0.829. The molecule has 0 radical (unpaired) electrons. The summed E-state index contributed by atoms with van der Waals surface area (Å²) < 4.78 is 12.7. The molecule has 0 spiro atoms. The Hall–Kier alpha value is -2.58. The molecule has 3 aromatic heterocycles. The molecule has 3 heterocycles. The predicted molar refractivity (Wildman–Crippen MR) is 97.7 cm³/mol. The number of furan rings is 1. The van der Waals surface area contributed by atoms with Crippen molar-refractivity contribution in [2.75, 3.05) is 0 Å². The van der Waals surface area contributed by atoms with Gasteiger partial charge in [0, 0.05) is 17.1 Å². The van der Waals surface area contributed by atoms with Gasteiger partial charge in [-0.1, -0.05) is 28.5 Å². The first-order chi connectivity index (χ1) is 12.7. The van der Waals surface area contributed by atoms with Crippen LogP contribution in [0.3, 0.4) is 0 Å². The highest BCUT2D eigenvalue weighted by atomic mass is 35.5. The second-order valence-electron chi connectivity index (χ2n) is 5.34. The summed E-state index contributed by atoms with van der Waals surface area (Å²) >= 11 is 7.39. The predicted octanol–water partition coefficient (Wildman–Crippen LogP) is 4.55. The largest absolute Gasteiger partial charge is 0.461 e. The highest BCUT2D eigenvalue weighted by Gasteiger charge is 2.16. The minimum absolute atomic E-state index is 0.463. The third kappa shape index (κ3) is 3.38. The molecule has 26 heavy (non-hydrogen) atoms. The van der Waals surface area contributed by atoms with Gasteiger partial charge < -0.3 is 8.94 Å². The van der Waals surface area contributed by atoms with E-state index in [9.17, 15) is 0 Å². The molecule has 0 N–H and O–H groups in total. The Morgan fingerprint density at radius 2 is 2.00 bits per heavy atom. The van der Waals surface area contributed by atoms with E-state index in [4.69, 9.17) is 20.5 Å². The van der Waals surface area contributed by atoms with Crippen LogP contribution in [0.4, 0.5) is 0 Å². The van der Waals surface area contributed by atoms with Crippen molar-refractivity contribution in [3.8, 4) is 23.0 Å². The molecule has 9 heteroatoms. The number of nitrogens with zero attached hydrogens (tertiary/aromatic N) is 5. The Labute approximate surface area is 158 Å². The van der Waals surface area contributed by atoms with E-state index in [1.54, 1.807) is 18.4 Å².